The van der Waals surface area contributed by atoms with Crippen LogP contribution in [0.25, 0.3) is 0 Å². The van der Waals surface area contributed by atoms with Crippen LogP contribution in [0.4, 0.5) is 0 Å². The Morgan fingerprint density at radius 3 is 2.95 bits per heavy atom. The molecule has 4 atom stereocenters. The maximum Gasteiger partial charge on any atom is 0.146 e. The van der Waals surface area contributed by atoms with Crippen molar-refractivity contribution in [2.75, 3.05) is 0 Å². The minimum Gasteiger partial charge on any atom is -0.425 e. The molecule has 1 nitrogen and oxygen atoms in total. The van der Waals surface area contributed by atoms with Gasteiger partial charge in [0.05, 0.1) is 0 Å². The second-order valence-electron chi connectivity index (χ2n) is 6.41. The third kappa shape index (κ3) is 1.84. The lowest BCUT2D eigenvalue weighted by atomic mass is 9.64. The Morgan fingerprint density at radius 1 is 1.11 bits per heavy atom. The van der Waals surface area contributed by atoms with E-state index in [-0.39, 0.29) is 0 Å². The lowest BCUT2D eigenvalue weighted by Crippen LogP contribution is -2.34. The van der Waals surface area contributed by atoms with Crippen LogP contribution in [0, 0.1) is 17.8 Å². The number of allylic oxidation sites excluding steroid dienone is 8. The molecule has 100 valence electrons. The van der Waals surface area contributed by atoms with Gasteiger partial charge in [-0.1, -0.05) is 30.4 Å². The van der Waals surface area contributed by atoms with E-state index in [1.807, 2.05) is 0 Å². The van der Waals surface area contributed by atoms with Crippen molar-refractivity contribution in [3.05, 3.63) is 47.1 Å². The number of hydrogen-bond donors (Lipinski definition) is 0. The summed E-state index contributed by atoms with van der Waals surface area (Å²) in [4.78, 5) is 0. The zero-order chi connectivity index (χ0) is 12.8. The Labute approximate surface area is 118 Å². The zero-order valence-electron chi connectivity index (χ0n) is 11.6. The highest BCUT2D eigenvalue weighted by Gasteiger charge is 2.38. The highest BCUT2D eigenvalue weighted by molar-refractivity contribution is 5.98. The van der Waals surface area contributed by atoms with Gasteiger partial charge in [0, 0.05) is 12.0 Å². The van der Waals surface area contributed by atoms with Crippen molar-refractivity contribution < 1.29 is 4.43 Å². The molecule has 0 spiro atoms. The molecule has 2 unspecified atom stereocenters. The van der Waals surface area contributed by atoms with Crippen molar-refractivity contribution in [2.24, 2.45) is 17.8 Å². The fraction of sp³-hybridized carbons (Fsp3) is 0.529. The monoisotopic (exact) mass is 270 g/mol. The predicted octanol–water partition coefficient (Wildman–Crippen LogP) is 2.84. The van der Waals surface area contributed by atoms with Crippen LogP contribution < -0.4 is 0 Å². The minimum absolute atomic E-state index is 0.561. The topological polar surface area (TPSA) is 9.23 Å². The minimum atomic E-state index is 0.561. The SMILES string of the molecule is [SiH3]OC1CC[C@@H]2C3=CC=C4C=CC[C@H]4C3=CCC2C1. The van der Waals surface area contributed by atoms with Crippen LogP contribution in [-0.2, 0) is 4.43 Å². The molecule has 0 bridgehead atoms. The largest absolute Gasteiger partial charge is 0.425 e. The standard InChI is InChI=1S/C17H22OSi/c19-18-13-6-9-15-12(10-13)5-8-16-14-3-1-2-11(14)4-7-17(15)16/h1-2,4,7-8,12-15H,3,5-6,9-10H2,19H3/t12?,13?,14-,15+/m1/s1. The molecule has 19 heavy (non-hydrogen) atoms. The first-order valence-electron chi connectivity index (χ1n) is 7.68. The molecule has 0 aromatic heterocycles. The second kappa shape index (κ2) is 4.60. The second-order valence-corrected chi connectivity index (χ2v) is 6.88. The zero-order valence-corrected chi connectivity index (χ0v) is 13.6. The van der Waals surface area contributed by atoms with E-state index in [1.54, 1.807) is 11.1 Å². The van der Waals surface area contributed by atoms with E-state index < -0.39 is 0 Å². The van der Waals surface area contributed by atoms with Gasteiger partial charge in [0.1, 0.15) is 10.5 Å². The van der Waals surface area contributed by atoms with Gasteiger partial charge in [0.15, 0.2) is 0 Å². The van der Waals surface area contributed by atoms with Crippen molar-refractivity contribution >= 4 is 10.5 Å². The van der Waals surface area contributed by atoms with Gasteiger partial charge in [-0.15, -0.1) is 0 Å². The Bertz CT molecular complexity index is 511. The molecule has 0 radical (unpaired) electrons. The fourth-order valence-electron chi connectivity index (χ4n) is 4.54. The van der Waals surface area contributed by atoms with Crippen molar-refractivity contribution in [1.29, 1.82) is 0 Å². The summed E-state index contributed by atoms with van der Waals surface area (Å²) in [6.07, 6.45) is 19.0. The molecule has 2 heteroatoms. The Balaban J connectivity index is 1.65. The van der Waals surface area contributed by atoms with Crippen LogP contribution >= 0.6 is 0 Å². The van der Waals surface area contributed by atoms with Gasteiger partial charge in [0.25, 0.3) is 0 Å². The van der Waals surface area contributed by atoms with E-state index in [0.29, 0.717) is 12.0 Å². The normalized spacial score (nSPS) is 39.9. The highest BCUT2D eigenvalue weighted by Crippen LogP contribution is 2.50. The maximum absolute atomic E-state index is 5.72. The predicted molar refractivity (Wildman–Crippen MR) is 81.8 cm³/mol. The summed E-state index contributed by atoms with van der Waals surface area (Å²) in [6.45, 7) is 0. The van der Waals surface area contributed by atoms with Crippen LogP contribution in [0.1, 0.15) is 32.1 Å². The molecule has 1 saturated carbocycles. The van der Waals surface area contributed by atoms with Crippen LogP contribution in [0.15, 0.2) is 47.1 Å². The Morgan fingerprint density at radius 2 is 2.05 bits per heavy atom. The van der Waals surface area contributed by atoms with Gasteiger partial charge in [0.2, 0.25) is 0 Å². The number of hydrogen-bond acceptors (Lipinski definition) is 1. The summed E-state index contributed by atoms with van der Waals surface area (Å²) in [5.74, 6) is 2.34. The quantitative estimate of drug-likeness (QED) is 0.666. The van der Waals surface area contributed by atoms with Crippen molar-refractivity contribution in [2.45, 2.75) is 38.2 Å². The van der Waals surface area contributed by atoms with Crippen LogP contribution in [0.5, 0.6) is 0 Å². The van der Waals surface area contributed by atoms with Crippen molar-refractivity contribution in [1.82, 2.24) is 0 Å². The molecular weight excluding hydrogens is 248 g/mol. The van der Waals surface area contributed by atoms with Crippen molar-refractivity contribution in [3.63, 3.8) is 0 Å². The third-order valence-electron chi connectivity index (χ3n) is 5.56. The molecule has 0 N–H and O–H groups in total. The van der Waals surface area contributed by atoms with Gasteiger partial charge >= 0.3 is 0 Å². The molecule has 1 fully saturated rings. The molecule has 0 amide bonds. The summed E-state index contributed by atoms with van der Waals surface area (Å²) in [6, 6.07) is 0. The van der Waals surface area contributed by atoms with Gasteiger partial charge in [-0.3, -0.25) is 0 Å². The summed E-state index contributed by atoms with van der Waals surface area (Å²) in [7, 11) is 0.894. The summed E-state index contributed by atoms with van der Waals surface area (Å²) in [5.41, 5.74) is 4.86. The fourth-order valence-corrected chi connectivity index (χ4v) is 4.96. The lowest BCUT2D eigenvalue weighted by molar-refractivity contribution is 0.106. The number of fused-ring (bicyclic) bond motifs is 5. The lowest BCUT2D eigenvalue weighted by Gasteiger charge is -2.42. The van der Waals surface area contributed by atoms with Crippen LogP contribution in [0.3, 0.4) is 0 Å². The molecule has 4 aliphatic carbocycles. The van der Waals surface area contributed by atoms with E-state index in [1.165, 1.54) is 37.7 Å². The first kappa shape index (κ1) is 11.9. The highest BCUT2D eigenvalue weighted by atomic mass is 28.2. The summed E-state index contributed by atoms with van der Waals surface area (Å²) < 4.78 is 5.72. The molecule has 0 aliphatic heterocycles. The first-order chi connectivity index (χ1) is 9.36. The van der Waals surface area contributed by atoms with E-state index in [4.69, 9.17) is 4.43 Å². The molecule has 0 aromatic carbocycles. The molecular formula is C17H22OSi. The average Bonchev–Trinajstić information content (AvgIpc) is 2.94. The number of rotatable bonds is 1. The first-order valence-corrected chi connectivity index (χ1v) is 8.50. The van der Waals surface area contributed by atoms with E-state index in [0.717, 1.165) is 22.3 Å². The van der Waals surface area contributed by atoms with E-state index >= 15 is 0 Å². The van der Waals surface area contributed by atoms with E-state index in [9.17, 15) is 0 Å². The van der Waals surface area contributed by atoms with Gasteiger partial charge in [-0.05, 0) is 60.7 Å². The average molecular weight is 270 g/mol. The molecule has 0 saturated heterocycles. The summed E-state index contributed by atoms with van der Waals surface area (Å²) in [5, 5.41) is 0. The molecule has 0 heterocycles. The summed E-state index contributed by atoms with van der Waals surface area (Å²) >= 11 is 0. The van der Waals surface area contributed by atoms with Crippen molar-refractivity contribution in [3.8, 4) is 0 Å². The smallest absolute Gasteiger partial charge is 0.146 e. The van der Waals surface area contributed by atoms with E-state index in [2.05, 4.69) is 30.4 Å². The Hall–Kier alpha value is -0.863. The molecule has 0 aromatic rings. The van der Waals surface area contributed by atoms with Gasteiger partial charge in [-0.25, -0.2) is 0 Å². The Kier molecular flexibility index (Phi) is 2.89. The maximum atomic E-state index is 5.72. The van der Waals surface area contributed by atoms with Gasteiger partial charge in [-0.2, -0.15) is 0 Å². The molecule has 4 rings (SSSR count). The van der Waals surface area contributed by atoms with Crippen LogP contribution in [-0.4, -0.2) is 16.6 Å². The van der Waals surface area contributed by atoms with Gasteiger partial charge < -0.3 is 4.43 Å². The molecule has 4 aliphatic rings. The van der Waals surface area contributed by atoms with Crippen LogP contribution in [0.2, 0.25) is 0 Å². The third-order valence-corrected chi connectivity index (χ3v) is 6.22.